The molecule has 1 amide bonds. The first kappa shape index (κ1) is 21.5. The molecule has 1 fully saturated rings. The van der Waals surface area contributed by atoms with Crippen molar-refractivity contribution in [1.82, 2.24) is 24.2 Å². The SMILES string of the molecule is O=C(CCc1ccc(S(=O)(=O)N2CCCCC2)cc1)NCCc1nnc2ccccn12. The predicted octanol–water partition coefficient (Wildman–Crippen LogP) is 2.20. The molecule has 31 heavy (non-hydrogen) atoms. The summed E-state index contributed by atoms with van der Waals surface area (Å²) in [6, 6.07) is 12.6. The van der Waals surface area contributed by atoms with E-state index in [-0.39, 0.29) is 5.91 Å². The van der Waals surface area contributed by atoms with Crippen LogP contribution in [0, 0.1) is 0 Å². The van der Waals surface area contributed by atoms with Gasteiger partial charge in [0.05, 0.1) is 4.90 Å². The zero-order valence-electron chi connectivity index (χ0n) is 17.4. The Morgan fingerprint density at radius 1 is 0.968 bits per heavy atom. The van der Waals surface area contributed by atoms with Crippen molar-refractivity contribution >= 4 is 21.6 Å². The first-order valence-corrected chi connectivity index (χ1v) is 12.1. The van der Waals surface area contributed by atoms with Gasteiger partial charge in [-0.2, -0.15) is 4.31 Å². The molecule has 2 aromatic heterocycles. The fourth-order valence-corrected chi connectivity index (χ4v) is 5.32. The number of hydrogen-bond donors (Lipinski definition) is 1. The molecule has 1 aliphatic rings. The Morgan fingerprint density at radius 2 is 1.74 bits per heavy atom. The van der Waals surface area contributed by atoms with Gasteiger partial charge in [-0.1, -0.05) is 24.6 Å². The lowest BCUT2D eigenvalue weighted by atomic mass is 10.1. The van der Waals surface area contributed by atoms with Gasteiger partial charge in [0.15, 0.2) is 5.65 Å². The van der Waals surface area contributed by atoms with Crippen LogP contribution in [-0.4, -0.2) is 52.9 Å². The van der Waals surface area contributed by atoms with E-state index in [1.165, 1.54) is 0 Å². The van der Waals surface area contributed by atoms with Crippen molar-refractivity contribution in [3.05, 3.63) is 60.0 Å². The summed E-state index contributed by atoms with van der Waals surface area (Å²) >= 11 is 0. The van der Waals surface area contributed by atoms with Crippen molar-refractivity contribution in [3.63, 3.8) is 0 Å². The van der Waals surface area contributed by atoms with Crippen LogP contribution in [0.3, 0.4) is 0 Å². The second kappa shape index (κ2) is 9.57. The molecule has 0 saturated carbocycles. The average molecular weight is 442 g/mol. The molecule has 0 unspecified atom stereocenters. The molecule has 1 saturated heterocycles. The zero-order valence-corrected chi connectivity index (χ0v) is 18.2. The van der Waals surface area contributed by atoms with E-state index >= 15 is 0 Å². The fourth-order valence-electron chi connectivity index (χ4n) is 3.80. The van der Waals surface area contributed by atoms with E-state index in [0.29, 0.717) is 43.8 Å². The van der Waals surface area contributed by atoms with Gasteiger partial charge in [-0.15, -0.1) is 10.2 Å². The van der Waals surface area contributed by atoms with Crippen molar-refractivity contribution in [3.8, 4) is 0 Å². The maximum absolute atomic E-state index is 12.7. The number of rotatable bonds is 8. The number of nitrogens with one attached hydrogen (secondary N) is 1. The van der Waals surface area contributed by atoms with E-state index in [1.54, 1.807) is 28.6 Å². The molecule has 3 aromatic rings. The third kappa shape index (κ3) is 5.11. The van der Waals surface area contributed by atoms with Crippen LogP contribution in [0.1, 0.15) is 37.1 Å². The van der Waals surface area contributed by atoms with E-state index in [9.17, 15) is 13.2 Å². The number of nitrogens with zero attached hydrogens (tertiary/aromatic N) is 4. The monoisotopic (exact) mass is 441 g/mol. The Balaban J connectivity index is 1.24. The van der Waals surface area contributed by atoms with Crippen LogP contribution >= 0.6 is 0 Å². The summed E-state index contributed by atoms with van der Waals surface area (Å²) in [5.74, 6) is 0.764. The van der Waals surface area contributed by atoms with E-state index in [2.05, 4.69) is 15.5 Å². The van der Waals surface area contributed by atoms with Crippen LogP contribution in [0.5, 0.6) is 0 Å². The number of pyridine rings is 1. The number of fused-ring (bicyclic) bond motifs is 1. The molecule has 1 aliphatic heterocycles. The van der Waals surface area contributed by atoms with E-state index < -0.39 is 10.0 Å². The molecular formula is C22H27N5O3S. The Labute approximate surface area is 182 Å². The molecule has 0 radical (unpaired) electrons. The summed E-state index contributed by atoms with van der Waals surface area (Å²) in [4.78, 5) is 12.5. The minimum Gasteiger partial charge on any atom is -0.356 e. The Hall–Kier alpha value is -2.78. The zero-order chi connectivity index (χ0) is 21.7. The highest BCUT2D eigenvalue weighted by Gasteiger charge is 2.25. The summed E-state index contributed by atoms with van der Waals surface area (Å²) in [6.45, 7) is 1.67. The minimum atomic E-state index is -3.42. The summed E-state index contributed by atoms with van der Waals surface area (Å²) in [5, 5.41) is 11.2. The van der Waals surface area contributed by atoms with E-state index in [0.717, 1.165) is 36.3 Å². The van der Waals surface area contributed by atoms with Gasteiger partial charge in [0, 0.05) is 38.7 Å². The van der Waals surface area contributed by atoms with Crippen molar-refractivity contribution < 1.29 is 13.2 Å². The number of aryl methyl sites for hydroxylation is 1. The second-order valence-corrected chi connectivity index (χ2v) is 9.69. The molecule has 4 rings (SSSR count). The Bertz CT molecular complexity index is 1140. The molecule has 1 N–H and O–H groups in total. The maximum atomic E-state index is 12.7. The summed E-state index contributed by atoms with van der Waals surface area (Å²) in [6.07, 6.45) is 6.33. The lowest BCUT2D eigenvalue weighted by Gasteiger charge is -2.25. The number of carbonyl (C=O) groups is 1. The number of amides is 1. The van der Waals surface area contributed by atoms with Gasteiger partial charge in [-0.3, -0.25) is 9.20 Å². The van der Waals surface area contributed by atoms with Crippen molar-refractivity contribution in [2.24, 2.45) is 0 Å². The highest BCUT2D eigenvalue weighted by atomic mass is 32.2. The number of carbonyl (C=O) groups excluding carboxylic acids is 1. The highest BCUT2D eigenvalue weighted by Crippen LogP contribution is 2.21. The van der Waals surface area contributed by atoms with Gasteiger partial charge in [0.2, 0.25) is 15.9 Å². The lowest BCUT2D eigenvalue weighted by Crippen LogP contribution is -2.35. The Morgan fingerprint density at radius 3 is 2.52 bits per heavy atom. The van der Waals surface area contributed by atoms with Gasteiger partial charge in [-0.05, 0) is 49.1 Å². The van der Waals surface area contributed by atoms with Crippen LogP contribution in [0.4, 0.5) is 0 Å². The van der Waals surface area contributed by atoms with Gasteiger partial charge in [-0.25, -0.2) is 8.42 Å². The molecular weight excluding hydrogens is 414 g/mol. The molecule has 164 valence electrons. The van der Waals surface area contributed by atoms with Crippen molar-refractivity contribution in [1.29, 1.82) is 0 Å². The third-order valence-corrected chi connectivity index (χ3v) is 7.48. The number of hydrogen-bond acceptors (Lipinski definition) is 5. The first-order valence-electron chi connectivity index (χ1n) is 10.7. The van der Waals surface area contributed by atoms with Gasteiger partial charge < -0.3 is 5.32 Å². The summed E-state index contributed by atoms with van der Waals surface area (Å²) < 4.78 is 28.9. The summed E-state index contributed by atoms with van der Waals surface area (Å²) in [5.41, 5.74) is 1.73. The Kier molecular flexibility index (Phi) is 6.62. The molecule has 8 nitrogen and oxygen atoms in total. The van der Waals surface area contributed by atoms with Gasteiger partial charge >= 0.3 is 0 Å². The van der Waals surface area contributed by atoms with Crippen LogP contribution < -0.4 is 5.32 Å². The second-order valence-electron chi connectivity index (χ2n) is 7.75. The predicted molar refractivity (Wildman–Crippen MR) is 117 cm³/mol. The maximum Gasteiger partial charge on any atom is 0.243 e. The molecule has 0 bridgehead atoms. The average Bonchev–Trinajstić information content (AvgIpc) is 3.22. The number of sulfonamides is 1. The van der Waals surface area contributed by atoms with Crippen LogP contribution in [0.25, 0.3) is 5.65 Å². The molecule has 3 heterocycles. The largest absolute Gasteiger partial charge is 0.356 e. The number of benzene rings is 1. The molecule has 0 aliphatic carbocycles. The van der Waals surface area contributed by atoms with Crippen LogP contribution in [0.15, 0.2) is 53.6 Å². The molecule has 9 heteroatoms. The highest BCUT2D eigenvalue weighted by molar-refractivity contribution is 7.89. The topological polar surface area (TPSA) is 96.7 Å². The first-order chi connectivity index (χ1) is 15.0. The van der Waals surface area contributed by atoms with Gasteiger partial charge in [0.25, 0.3) is 0 Å². The lowest BCUT2D eigenvalue weighted by molar-refractivity contribution is -0.121. The molecule has 1 aromatic carbocycles. The minimum absolute atomic E-state index is 0.0427. The standard InChI is InChI=1S/C22H27N5O3S/c28-22(23-14-13-21-25-24-20-6-2-5-17-27(20)21)12-9-18-7-10-19(11-8-18)31(29,30)26-15-3-1-4-16-26/h2,5-8,10-11,17H,1,3-4,9,12-16H2,(H,23,28). The third-order valence-electron chi connectivity index (χ3n) is 5.57. The normalized spacial score (nSPS) is 15.2. The molecule has 0 spiro atoms. The summed E-state index contributed by atoms with van der Waals surface area (Å²) in [7, 11) is -3.42. The quantitative estimate of drug-likeness (QED) is 0.578. The number of piperidine rings is 1. The van der Waals surface area contributed by atoms with Crippen molar-refractivity contribution in [2.45, 2.75) is 43.4 Å². The van der Waals surface area contributed by atoms with Gasteiger partial charge in [0.1, 0.15) is 5.82 Å². The van der Waals surface area contributed by atoms with Crippen LogP contribution in [0.2, 0.25) is 0 Å². The van der Waals surface area contributed by atoms with E-state index in [4.69, 9.17) is 0 Å². The van der Waals surface area contributed by atoms with Crippen LogP contribution in [-0.2, 0) is 27.7 Å². The van der Waals surface area contributed by atoms with E-state index in [1.807, 2.05) is 28.8 Å². The number of aromatic nitrogens is 3. The fraction of sp³-hybridized carbons (Fsp3) is 0.409. The molecule has 0 atom stereocenters. The smallest absolute Gasteiger partial charge is 0.243 e. The van der Waals surface area contributed by atoms with Crippen molar-refractivity contribution in [2.75, 3.05) is 19.6 Å².